The number of aryl methyl sites for hydroxylation is 1. The van der Waals surface area contributed by atoms with Crippen molar-refractivity contribution in [3.8, 4) is 0 Å². The number of piperazine rings is 1. The molecule has 6 heteroatoms. The van der Waals surface area contributed by atoms with E-state index in [9.17, 15) is 4.79 Å². The molecule has 2 heterocycles. The van der Waals surface area contributed by atoms with Crippen molar-refractivity contribution in [3.05, 3.63) is 12.2 Å². The van der Waals surface area contributed by atoms with E-state index in [0.29, 0.717) is 6.54 Å². The number of carbonyl (C=O) groups excluding carboxylic acids is 1. The van der Waals surface area contributed by atoms with Crippen molar-refractivity contribution in [2.45, 2.75) is 25.9 Å². The zero-order valence-electron chi connectivity index (χ0n) is 9.90. The van der Waals surface area contributed by atoms with Gasteiger partial charge in [-0.05, 0) is 13.8 Å². The van der Waals surface area contributed by atoms with Gasteiger partial charge in [0.25, 0.3) is 0 Å². The van der Waals surface area contributed by atoms with Crippen LogP contribution >= 0.6 is 0 Å². The van der Waals surface area contributed by atoms with Gasteiger partial charge >= 0.3 is 0 Å². The second-order valence-electron chi connectivity index (χ2n) is 4.58. The Morgan fingerprint density at radius 1 is 1.56 bits per heavy atom. The minimum absolute atomic E-state index is 0.113. The van der Waals surface area contributed by atoms with E-state index in [2.05, 4.69) is 15.4 Å². The Kier molecular flexibility index (Phi) is 2.67. The van der Waals surface area contributed by atoms with Crippen molar-refractivity contribution in [1.82, 2.24) is 25.0 Å². The van der Waals surface area contributed by atoms with Gasteiger partial charge in [0.15, 0.2) is 0 Å². The molecule has 6 nitrogen and oxygen atoms in total. The van der Waals surface area contributed by atoms with Gasteiger partial charge in [-0.15, -0.1) is 0 Å². The zero-order chi connectivity index (χ0) is 11.8. The Morgan fingerprint density at radius 2 is 2.31 bits per heavy atom. The zero-order valence-corrected chi connectivity index (χ0v) is 9.90. The molecule has 1 aliphatic heterocycles. The van der Waals surface area contributed by atoms with Crippen LogP contribution in [0.15, 0.2) is 6.33 Å². The van der Waals surface area contributed by atoms with Crippen LogP contribution in [-0.4, -0.2) is 44.2 Å². The van der Waals surface area contributed by atoms with Crippen LogP contribution in [-0.2, 0) is 18.4 Å². The third kappa shape index (κ3) is 1.92. The molecule has 1 fully saturated rings. The second-order valence-corrected chi connectivity index (χ2v) is 4.58. The highest BCUT2D eigenvalue weighted by Crippen LogP contribution is 2.14. The molecule has 16 heavy (non-hydrogen) atoms. The molecule has 0 radical (unpaired) electrons. The van der Waals surface area contributed by atoms with Crippen LogP contribution in [0, 0.1) is 0 Å². The van der Waals surface area contributed by atoms with Crippen LogP contribution in [0.2, 0.25) is 0 Å². The van der Waals surface area contributed by atoms with E-state index >= 15 is 0 Å². The van der Waals surface area contributed by atoms with Crippen LogP contribution in [0.4, 0.5) is 0 Å². The Bertz CT molecular complexity index is 398. The summed E-state index contributed by atoms with van der Waals surface area (Å²) in [6.07, 6.45) is 1.51. The lowest BCUT2D eigenvalue weighted by Crippen LogP contribution is -2.60. The number of amides is 1. The summed E-state index contributed by atoms with van der Waals surface area (Å²) in [5, 5.41) is 7.19. The fourth-order valence-corrected chi connectivity index (χ4v) is 1.86. The maximum atomic E-state index is 12.1. The maximum absolute atomic E-state index is 12.1. The first-order valence-electron chi connectivity index (χ1n) is 5.38. The first kappa shape index (κ1) is 11.1. The van der Waals surface area contributed by atoms with E-state index in [0.717, 1.165) is 18.9 Å². The third-order valence-corrected chi connectivity index (χ3v) is 2.91. The summed E-state index contributed by atoms with van der Waals surface area (Å²) in [5.41, 5.74) is -0.475. The molecule has 0 spiro atoms. The molecule has 0 unspecified atom stereocenters. The minimum Gasteiger partial charge on any atom is -0.332 e. The van der Waals surface area contributed by atoms with Gasteiger partial charge < -0.3 is 10.2 Å². The van der Waals surface area contributed by atoms with Gasteiger partial charge in [0.05, 0.1) is 12.1 Å². The summed E-state index contributed by atoms with van der Waals surface area (Å²) in [6.45, 7) is 5.86. The Balaban J connectivity index is 2.11. The lowest BCUT2D eigenvalue weighted by atomic mass is 10.0. The molecule has 0 saturated carbocycles. The van der Waals surface area contributed by atoms with Crippen molar-refractivity contribution in [3.63, 3.8) is 0 Å². The fourth-order valence-electron chi connectivity index (χ4n) is 1.86. The average Bonchev–Trinajstić information content (AvgIpc) is 2.60. The number of hydrogen-bond donors (Lipinski definition) is 1. The first-order valence-corrected chi connectivity index (χ1v) is 5.38. The lowest BCUT2D eigenvalue weighted by Gasteiger charge is -2.37. The quantitative estimate of drug-likeness (QED) is 0.736. The lowest BCUT2D eigenvalue weighted by molar-refractivity contribution is -0.140. The van der Waals surface area contributed by atoms with Crippen molar-refractivity contribution >= 4 is 5.91 Å². The molecular weight excluding hydrogens is 206 g/mol. The smallest absolute Gasteiger partial charge is 0.242 e. The van der Waals surface area contributed by atoms with E-state index in [4.69, 9.17) is 0 Å². The van der Waals surface area contributed by atoms with Crippen molar-refractivity contribution in [2.75, 3.05) is 13.1 Å². The fraction of sp³-hybridized carbons (Fsp3) is 0.700. The molecule has 0 atom stereocenters. The standard InChI is InChI=1S/C10H17N5O/c1-10(2)9(16)15(5-4-12-10)6-8-11-7-13-14(8)3/h7,12H,4-6H2,1-3H3. The Morgan fingerprint density at radius 3 is 2.94 bits per heavy atom. The molecule has 1 N–H and O–H groups in total. The van der Waals surface area contributed by atoms with Crippen LogP contribution in [0.3, 0.4) is 0 Å². The summed E-state index contributed by atoms with van der Waals surface area (Å²) in [7, 11) is 1.83. The Hall–Kier alpha value is -1.43. The third-order valence-electron chi connectivity index (χ3n) is 2.91. The van der Waals surface area contributed by atoms with Gasteiger partial charge in [0.2, 0.25) is 5.91 Å². The van der Waals surface area contributed by atoms with Crippen LogP contribution < -0.4 is 5.32 Å². The van der Waals surface area contributed by atoms with Crippen molar-refractivity contribution in [2.24, 2.45) is 7.05 Å². The normalized spacial score (nSPS) is 20.2. The largest absolute Gasteiger partial charge is 0.332 e. The van der Waals surface area contributed by atoms with Crippen LogP contribution in [0.25, 0.3) is 0 Å². The van der Waals surface area contributed by atoms with Gasteiger partial charge in [-0.3, -0.25) is 9.48 Å². The van der Waals surface area contributed by atoms with E-state index in [1.54, 1.807) is 4.68 Å². The van der Waals surface area contributed by atoms with Crippen molar-refractivity contribution < 1.29 is 4.79 Å². The summed E-state index contributed by atoms with van der Waals surface area (Å²) >= 11 is 0. The molecule has 1 aliphatic rings. The molecule has 1 saturated heterocycles. The predicted molar refractivity (Wildman–Crippen MR) is 58.5 cm³/mol. The van der Waals surface area contributed by atoms with Gasteiger partial charge in [-0.25, -0.2) is 4.98 Å². The van der Waals surface area contributed by atoms with Gasteiger partial charge in [-0.1, -0.05) is 0 Å². The molecular formula is C10H17N5O. The molecule has 0 aliphatic carbocycles. The van der Waals surface area contributed by atoms with E-state index in [1.807, 2.05) is 25.8 Å². The first-order chi connectivity index (χ1) is 7.50. The molecule has 0 bridgehead atoms. The Labute approximate surface area is 94.6 Å². The van der Waals surface area contributed by atoms with Gasteiger partial charge in [0.1, 0.15) is 12.2 Å². The molecule has 0 aromatic carbocycles. The highest BCUT2D eigenvalue weighted by molar-refractivity contribution is 5.86. The number of nitrogens with one attached hydrogen (secondary N) is 1. The summed E-state index contributed by atoms with van der Waals surface area (Å²) < 4.78 is 1.70. The topological polar surface area (TPSA) is 63.1 Å². The summed E-state index contributed by atoms with van der Waals surface area (Å²) in [5.74, 6) is 0.924. The van der Waals surface area contributed by atoms with Gasteiger partial charge in [0, 0.05) is 20.1 Å². The van der Waals surface area contributed by atoms with Crippen LogP contribution in [0.5, 0.6) is 0 Å². The molecule has 2 rings (SSSR count). The summed E-state index contributed by atoms with van der Waals surface area (Å²) in [4.78, 5) is 18.0. The molecule has 1 aromatic rings. The minimum atomic E-state index is -0.475. The molecule has 1 amide bonds. The highest BCUT2D eigenvalue weighted by atomic mass is 16.2. The maximum Gasteiger partial charge on any atom is 0.242 e. The number of carbonyl (C=O) groups is 1. The molecule has 1 aromatic heterocycles. The highest BCUT2D eigenvalue weighted by Gasteiger charge is 2.35. The number of rotatable bonds is 2. The van der Waals surface area contributed by atoms with E-state index in [1.165, 1.54) is 6.33 Å². The number of nitrogens with zero attached hydrogens (tertiary/aromatic N) is 4. The SMILES string of the molecule is Cn1ncnc1CN1CCNC(C)(C)C1=O. The second kappa shape index (κ2) is 3.86. The average molecular weight is 223 g/mol. The van der Waals surface area contributed by atoms with Crippen LogP contribution in [0.1, 0.15) is 19.7 Å². The van der Waals surface area contributed by atoms with E-state index < -0.39 is 5.54 Å². The molecule has 88 valence electrons. The van der Waals surface area contributed by atoms with E-state index in [-0.39, 0.29) is 5.91 Å². The monoisotopic (exact) mass is 223 g/mol. The van der Waals surface area contributed by atoms with Gasteiger partial charge in [-0.2, -0.15) is 5.10 Å². The number of hydrogen-bond acceptors (Lipinski definition) is 4. The summed E-state index contributed by atoms with van der Waals surface area (Å²) in [6, 6.07) is 0. The predicted octanol–water partition coefficient (Wildman–Crippen LogP) is -0.474. The van der Waals surface area contributed by atoms with Crippen molar-refractivity contribution in [1.29, 1.82) is 0 Å². The number of aromatic nitrogens is 3.